The maximum Gasteiger partial charge on any atom is 0.426 e. The van der Waals surface area contributed by atoms with Gasteiger partial charge in [-0.1, -0.05) is 0 Å². The van der Waals surface area contributed by atoms with Crippen LogP contribution in [0.25, 0.3) is 0 Å². The van der Waals surface area contributed by atoms with Crippen LogP contribution in [-0.2, 0) is 19.6 Å². The number of alkyl halides is 3. The second-order valence-corrected chi connectivity index (χ2v) is 5.93. The van der Waals surface area contributed by atoms with Crippen molar-refractivity contribution in [2.24, 2.45) is 5.41 Å². The van der Waals surface area contributed by atoms with Crippen molar-refractivity contribution in [2.45, 2.75) is 33.1 Å². The summed E-state index contributed by atoms with van der Waals surface area (Å²) >= 11 is 0. The summed E-state index contributed by atoms with van der Waals surface area (Å²) in [6, 6.07) is 0. The largest absolute Gasteiger partial charge is 0.451 e. The van der Waals surface area contributed by atoms with E-state index in [4.69, 9.17) is 4.55 Å². The van der Waals surface area contributed by atoms with Crippen LogP contribution in [0.1, 0.15) is 20.8 Å². The van der Waals surface area contributed by atoms with Crippen molar-refractivity contribution in [1.29, 1.82) is 0 Å². The van der Waals surface area contributed by atoms with Gasteiger partial charge in [0.15, 0.2) is 0 Å². The van der Waals surface area contributed by atoms with Crippen LogP contribution in [0.2, 0.25) is 0 Å². The normalized spacial score (nSPS) is 15.5. The minimum atomic E-state index is -5.06. The van der Waals surface area contributed by atoms with Crippen LogP contribution in [0.3, 0.4) is 0 Å². The Balaban J connectivity index is 4.94. The molecule has 1 N–H and O–H groups in total. The summed E-state index contributed by atoms with van der Waals surface area (Å²) in [4.78, 5) is 11.2. The molecule has 17 heavy (non-hydrogen) atoms. The number of carbonyl (C=O) groups excluding carboxylic acids is 1. The first-order valence-corrected chi connectivity index (χ1v) is 6.07. The number of rotatable bonds is 3. The molecular weight excluding hydrogens is 265 g/mol. The zero-order valence-corrected chi connectivity index (χ0v) is 10.2. The number of hydrogen-bond acceptors (Lipinski definition) is 4. The Morgan fingerprint density at radius 3 is 1.94 bits per heavy atom. The molecule has 1 atom stereocenters. The highest BCUT2D eigenvalue weighted by molar-refractivity contribution is 7.85. The molecule has 1 unspecified atom stereocenters. The SMILES string of the molecule is CC(C)(C)C(=O)OC(CS(=O)(=O)O)C(F)(F)F. The van der Waals surface area contributed by atoms with Crippen molar-refractivity contribution in [2.75, 3.05) is 5.75 Å². The van der Waals surface area contributed by atoms with Crippen molar-refractivity contribution in [3.63, 3.8) is 0 Å². The molecule has 0 aliphatic rings. The van der Waals surface area contributed by atoms with Crippen LogP contribution in [0.15, 0.2) is 0 Å². The fourth-order valence-corrected chi connectivity index (χ4v) is 1.33. The summed E-state index contributed by atoms with van der Waals surface area (Å²) in [6.45, 7) is 3.95. The van der Waals surface area contributed by atoms with Gasteiger partial charge in [0.2, 0.25) is 6.10 Å². The monoisotopic (exact) mass is 278 g/mol. The van der Waals surface area contributed by atoms with Gasteiger partial charge in [0.05, 0.1) is 5.41 Å². The van der Waals surface area contributed by atoms with Crippen LogP contribution >= 0.6 is 0 Å². The Morgan fingerprint density at radius 1 is 1.29 bits per heavy atom. The summed E-state index contributed by atoms with van der Waals surface area (Å²) in [7, 11) is -4.89. The Bertz CT molecular complexity index is 379. The highest BCUT2D eigenvalue weighted by Gasteiger charge is 2.46. The quantitative estimate of drug-likeness (QED) is 0.623. The zero-order chi connectivity index (χ0) is 14.1. The highest BCUT2D eigenvalue weighted by atomic mass is 32.2. The van der Waals surface area contributed by atoms with E-state index >= 15 is 0 Å². The highest BCUT2D eigenvalue weighted by Crippen LogP contribution is 2.27. The molecule has 102 valence electrons. The molecule has 0 saturated carbocycles. The molecule has 0 bridgehead atoms. The van der Waals surface area contributed by atoms with E-state index in [0.717, 1.165) is 0 Å². The fourth-order valence-electron chi connectivity index (χ4n) is 0.693. The second kappa shape index (κ2) is 4.81. The summed E-state index contributed by atoms with van der Waals surface area (Å²) in [6.07, 6.45) is -7.93. The van der Waals surface area contributed by atoms with E-state index in [1.807, 2.05) is 0 Å². The Kier molecular flexibility index (Phi) is 4.57. The zero-order valence-electron chi connectivity index (χ0n) is 9.41. The molecule has 0 saturated heterocycles. The first-order chi connectivity index (χ1) is 7.23. The molecule has 0 fully saturated rings. The van der Waals surface area contributed by atoms with Gasteiger partial charge in [0, 0.05) is 0 Å². The lowest BCUT2D eigenvalue weighted by Gasteiger charge is -2.24. The van der Waals surface area contributed by atoms with Crippen molar-refractivity contribution in [3.05, 3.63) is 0 Å². The van der Waals surface area contributed by atoms with Crippen LogP contribution in [0.4, 0.5) is 13.2 Å². The predicted molar refractivity (Wildman–Crippen MR) is 51.8 cm³/mol. The Hall–Kier alpha value is -0.830. The average molecular weight is 278 g/mol. The van der Waals surface area contributed by atoms with Gasteiger partial charge in [-0.2, -0.15) is 21.6 Å². The maximum absolute atomic E-state index is 12.3. The van der Waals surface area contributed by atoms with E-state index in [-0.39, 0.29) is 0 Å². The van der Waals surface area contributed by atoms with E-state index < -0.39 is 39.5 Å². The van der Waals surface area contributed by atoms with E-state index in [1.165, 1.54) is 20.8 Å². The fraction of sp³-hybridized carbons (Fsp3) is 0.875. The van der Waals surface area contributed by atoms with Gasteiger partial charge >= 0.3 is 12.1 Å². The van der Waals surface area contributed by atoms with Gasteiger partial charge in [-0.05, 0) is 20.8 Å². The Morgan fingerprint density at radius 2 is 1.71 bits per heavy atom. The lowest BCUT2D eigenvalue weighted by molar-refractivity contribution is -0.219. The molecule has 0 aromatic heterocycles. The number of halogens is 3. The third-order valence-electron chi connectivity index (χ3n) is 1.59. The number of hydrogen-bond donors (Lipinski definition) is 1. The topological polar surface area (TPSA) is 80.7 Å². The van der Waals surface area contributed by atoms with E-state index in [0.29, 0.717) is 0 Å². The van der Waals surface area contributed by atoms with E-state index in [9.17, 15) is 26.4 Å². The second-order valence-electron chi connectivity index (χ2n) is 4.43. The number of ether oxygens (including phenoxy) is 1. The van der Waals surface area contributed by atoms with Gasteiger partial charge in [0.1, 0.15) is 5.75 Å². The maximum atomic E-state index is 12.3. The van der Waals surface area contributed by atoms with Gasteiger partial charge in [-0.3, -0.25) is 9.35 Å². The molecule has 0 amide bonds. The van der Waals surface area contributed by atoms with Gasteiger partial charge in [0.25, 0.3) is 10.1 Å². The van der Waals surface area contributed by atoms with Crippen molar-refractivity contribution >= 4 is 16.1 Å². The summed E-state index contributed by atoms with van der Waals surface area (Å²) in [5.74, 6) is -2.92. The van der Waals surface area contributed by atoms with Crippen molar-refractivity contribution in [1.82, 2.24) is 0 Å². The molecule has 0 heterocycles. The first kappa shape index (κ1) is 16.2. The molecule has 0 rings (SSSR count). The van der Waals surface area contributed by atoms with Gasteiger partial charge < -0.3 is 4.74 Å². The third-order valence-corrected chi connectivity index (χ3v) is 2.31. The molecule has 0 aliphatic heterocycles. The molecule has 0 aromatic carbocycles. The van der Waals surface area contributed by atoms with Crippen LogP contribution in [0.5, 0.6) is 0 Å². The Labute approximate surface area is 96.7 Å². The smallest absolute Gasteiger partial charge is 0.426 e. The predicted octanol–water partition coefficient (Wildman–Crippen LogP) is 1.39. The number of carbonyl (C=O) groups is 1. The molecule has 0 aliphatic carbocycles. The molecular formula is C8H13F3O5S. The standard InChI is InChI=1S/C8H13F3O5S/c1-7(2,3)6(12)16-5(8(9,10)11)4-17(13,14)15/h5H,4H2,1-3H3,(H,13,14,15). The van der Waals surface area contributed by atoms with Gasteiger partial charge in [-0.15, -0.1) is 0 Å². The van der Waals surface area contributed by atoms with E-state index in [2.05, 4.69) is 4.74 Å². The van der Waals surface area contributed by atoms with Gasteiger partial charge in [-0.25, -0.2) is 0 Å². The summed E-state index contributed by atoms with van der Waals surface area (Å²) < 4.78 is 70.2. The molecule has 0 aromatic rings. The lowest BCUT2D eigenvalue weighted by atomic mass is 9.97. The number of esters is 1. The van der Waals surface area contributed by atoms with E-state index in [1.54, 1.807) is 0 Å². The van der Waals surface area contributed by atoms with Crippen LogP contribution < -0.4 is 0 Å². The van der Waals surface area contributed by atoms with Crippen LogP contribution in [0, 0.1) is 5.41 Å². The molecule has 9 heteroatoms. The van der Waals surface area contributed by atoms with Crippen LogP contribution in [-0.4, -0.2) is 37.0 Å². The first-order valence-electron chi connectivity index (χ1n) is 4.46. The molecule has 0 radical (unpaired) electrons. The summed E-state index contributed by atoms with van der Waals surface area (Å²) in [5, 5.41) is 0. The molecule has 5 nitrogen and oxygen atoms in total. The minimum absolute atomic E-state index is 1.21. The summed E-state index contributed by atoms with van der Waals surface area (Å²) in [5.41, 5.74) is -1.21. The van der Waals surface area contributed by atoms with Crippen molar-refractivity contribution < 1.29 is 35.7 Å². The minimum Gasteiger partial charge on any atom is -0.451 e. The average Bonchev–Trinajstić information content (AvgIpc) is 1.96. The van der Waals surface area contributed by atoms with Crippen molar-refractivity contribution in [3.8, 4) is 0 Å². The third kappa shape index (κ3) is 6.47. The molecule has 0 spiro atoms. The lowest BCUT2D eigenvalue weighted by Crippen LogP contribution is -2.41.